The third-order valence-corrected chi connectivity index (χ3v) is 2.87. The maximum atomic E-state index is 11.0. The minimum absolute atomic E-state index is 0.0427. The van der Waals surface area contributed by atoms with Crippen molar-refractivity contribution in [3.8, 4) is 0 Å². The number of carbonyl (C=O) groups excluding carboxylic acids is 1. The largest absolute Gasteiger partial charge is 0.474 e. The van der Waals surface area contributed by atoms with Gasteiger partial charge in [0, 0.05) is 6.04 Å². The average molecular weight is 199 g/mol. The molecule has 1 aliphatic carbocycles. The first-order valence-electron chi connectivity index (χ1n) is 5.15. The Morgan fingerprint density at radius 3 is 2.50 bits per heavy atom. The summed E-state index contributed by atoms with van der Waals surface area (Å²) in [5.74, 6) is -1.87. The van der Waals surface area contributed by atoms with E-state index >= 15 is 0 Å². The van der Waals surface area contributed by atoms with E-state index in [4.69, 9.17) is 5.11 Å². The second kappa shape index (κ2) is 4.98. The van der Waals surface area contributed by atoms with Gasteiger partial charge in [-0.15, -0.1) is 0 Å². The van der Waals surface area contributed by atoms with Crippen LogP contribution in [0.2, 0.25) is 0 Å². The molecule has 0 saturated heterocycles. The first-order valence-corrected chi connectivity index (χ1v) is 5.15. The molecule has 0 aliphatic heterocycles. The monoisotopic (exact) mass is 199 g/mol. The molecule has 1 rings (SSSR count). The first-order chi connectivity index (χ1) is 6.61. The van der Waals surface area contributed by atoms with Crippen molar-refractivity contribution in [3.63, 3.8) is 0 Å². The number of amides is 1. The van der Waals surface area contributed by atoms with Crippen LogP contribution in [0, 0.1) is 5.92 Å². The Bertz CT molecular complexity index is 227. The second-order valence-corrected chi connectivity index (χ2v) is 4.00. The van der Waals surface area contributed by atoms with Gasteiger partial charge in [-0.25, -0.2) is 4.79 Å². The lowest BCUT2D eigenvalue weighted by atomic mass is 9.97. The van der Waals surface area contributed by atoms with Crippen LogP contribution >= 0.6 is 0 Å². The molecule has 1 amide bonds. The number of carbonyl (C=O) groups is 2. The van der Waals surface area contributed by atoms with Crippen LogP contribution in [-0.4, -0.2) is 23.0 Å². The van der Waals surface area contributed by atoms with Crippen molar-refractivity contribution >= 4 is 11.9 Å². The SMILES string of the molecule is CC1CCCCCC1NC(=O)C(=O)O. The lowest BCUT2D eigenvalue weighted by Gasteiger charge is -2.21. The molecule has 4 heteroatoms. The summed E-state index contributed by atoms with van der Waals surface area (Å²) in [5.41, 5.74) is 0. The van der Waals surface area contributed by atoms with Gasteiger partial charge in [-0.3, -0.25) is 4.79 Å². The first kappa shape index (κ1) is 11.0. The predicted octanol–water partition coefficient (Wildman–Crippen LogP) is 1.16. The molecule has 2 atom stereocenters. The molecule has 14 heavy (non-hydrogen) atoms. The minimum atomic E-state index is -1.39. The Balaban J connectivity index is 2.48. The smallest absolute Gasteiger partial charge is 0.394 e. The summed E-state index contributed by atoms with van der Waals surface area (Å²) < 4.78 is 0. The number of aliphatic carboxylic acids is 1. The number of hydrogen-bond acceptors (Lipinski definition) is 2. The van der Waals surface area contributed by atoms with Crippen LogP contribution in [-0.2, 0) is 9.59 Å². The highest BCUT2D eigenvalue weighted by Gasteiger charge is 2.23. The van der Waals surface area contributed by atoms with Crippen LogP contribution in [0.1, 0.15) is 39.0 Å². The fraction of sp³-hybridized carbons (Fsp3) is 0.800. The number of hydrogen-bond donors (Lipinski definition) is 2. The highest BCUT2D eigenvalue weighted by atomic mass is 16.4. The molecule has 1 fully saturated rings. The fourth-order valence-corrected chi connectivity index (χ4v) is 1.94. The minimum Gasteiger partial charge on any atom is -0.474 e. The molecule has 2 unspecified atom stereocenters. The summed E-state index contributed by atoms with van der Waals surface area (Å²) in [6.07, 6.45) is 5.42. The van der Waals surface area contributed by atoms with Crippen LogP contribution < -0.4 is 5.32 Å². The zero-order valence-electron chi connectivity index (χ0n) is 8.45. The van der Waals surface area contributed by atoms with Crippen molar-refractivity contribution in [1.29, 1.82) is 0 Å². The van der Waals surface area contributed by atoms with E-state index < -0.39 is 11.9 Å². The van der Waals surface area contributed by atoms with Gasteiger partial charge < -0.3 is 10.4 Å². The summed E-state index contributed by atoms with van der Waals surface area (Å²) in [7, 11) is 0. The summed E-state index contributed by atoms with van der Waals surface area (Å²) in [4.78, 5) is 21.3. The number of carboxylic acid groups (broad SMARTS) is 1. The van der Waals surface area contributed by atoms with Crippen molar-refractivity contribution < 1.29 is 14.7 Å². The van der Waals surface area contributed by atoms with Gasteiger partial charge in [0.25, 0.3) is 0 Å². The third kappa shape index (κ3) is 3.01. The maximum Gasteiger partial charge on any atom is 0.394 e. The molecule has 1 saturated carbocycles. The Labute approximate surface area is 83.7 Å². The molecule has 0 aromatic heterocycles. The zero-order valence-corrected chi connectivity index (χ0v) is 8.45. The number of carboxylic acids is 1. The van der Waals surface area contributed by atoms with Gasteiger partial charge in [0.1, 0.15) is 0 Å². The predicted molar refractivity (Wildman–Crippen MR) is 51.8 cm³/mol. The van der Waals surface area contributed by atoms with E-state index in [1.54, 1.807) is 0 Å². The van der Waals surface area contributed by atoms with Gasteiger partial charge in [0.15, 0.2) is 0 Å². The van der Waals surface area contributed by atoms with Crippen LogP contribution in [0.4, 0.5) is 0 Å². The van der Waals surface area contributed by atoms with Crippen molar-refractivity contribution in [2.45, 2.75) is 45.1 Å². The molecule has 0 aromatic rings. The van der Waals surface area contributed by atoms with Crippen LogP contribution in [0.15, 0.2) is 0 Å². The third-order valence-electron chi connectivity index (χ3n) is 2.87. The zero-order chi connectivity index (χ0) is 10.6. The molecule has 2 N–H and O–H groups in total. The average Bonchev–Trinajstić information content (AvgIpc) is 2.32. The van der Waals surface area contributed by atoms with E-state index in [0.717, 1.165) is 19.3 Å². The van der Waals surface area contributed by atoms with Crippen LogP contribution in [0.25, 0.3) is 0 Å². The Morgan fingerprint density at radius 2 is 1.86 bits per heavy atom. The second-order valence-electron chi connectivity index (χ2n) is 4.00. The van der Waals surface area contributed by atoms with Gasteiger partial charge >= 0.3 is 11.9 Å². The standard InChI is InChI=1S/C10H17NO3/c1-7-5-3-2-4-6-8(7)11-9(12)10(13)14/h7-8H,2-6H2,1H3,(H,11,12)(H,13,14). The highest BCUT2D eigenvalue weighted by molar-refractivity contribution is 6.31. The van der Waals surface area contributed by atoms with Gasteiger partial charge in [-0.1, -0.05) is 26.2 Å². The Kier molecular flexibility index (Phi) is 3.92. The lowest BCUT2D eigenvalue weighted by Crippen LogP contribution is -2.42. The summed E-state index contributed by atoms with van der Waals surface area (Å²) in [5, 5.41) is 11.0. The van der Waals surface area contributed by atoms with E-state index in [2.05, 4.69) is 12.2 Å². The Hall–Kier alpha value is -1.06. The van der Waals surface area contributed by atoms with E-state index in [1.807, 2.05) is 0 Å². The molecule has 0 spiro atoms. The molecular formula is C10H17NO3. The molecule has 0 aromatic carbocycles. The van der Waals surface area contributed by atoms with E-state index in [9.17, 15) is 9.59 Å². The van der Waals surface area contributed by atoms with Crippen molar-refractivity contribution in [3.05, 3.63) is 0 Å². The van der Waals surface area contributed by atoms with Crippen molar-refractivity contribution in [1.82, 2.24) is 5.32 Å². The van der Waals surface area contributed by atoms with Gasteiger partial charge in [-0.05, 0) is 18.8 Å². The van der Waals surface area contributed by atoms with Gasteiger partial charge in [0.05, 0.1) is 0 Å². The maximum absolute atomic E-state index is 11.0. The summed E-state index contributed by atoms with van der Waals surface area (Å²) >= 11 is 0. The molecule has 0 bridgehead atoms. The van der Waals surface area contributed by atoms with Crippen LogP contribution in [0.3, 0.4) is 0 Å². The number of nitrogens with one attached hydrogen (secondary N) is 1. The molecular weight excluding hydrogens is 182 g/mol. The number of rotatable bonds is 1. The van der Waals surface area contributed by atoms with E-state index in [1.165, 1.54) is 12.8 Å². The van der Waals surface area contributed by atoms with E-state index in [-0.39, 0.29) is 6.04 Å². The fourth-order valence-electron chi connectivity index (χ4n) is 1.94. The molecule has 4 nitrogen and oxygen atoms in total. The van der Waals surface area contributed by atoms with E-state index in [0.29, 0.717) is 5.92 Å². The highest BCUT2D eigenvalue weighted by Crippen LogP contribution is 2.22. The molecule has 80 valence electrons. The van der Waals surface area contributed by atoms with Crippen molar-refractivity contribution in [2.24, 2.45) is 5.92 Å². The molecule has 1 aliphatic rings. The van der Waals surface area contributed by atoms with Crippen molar-refractivity contribution in [2.75, 3.05) is 0 Å². The normalized spacial score (nSPS) is 27.8. The lowest BCUT2D eigenvalue weighted by molar-refractivity contribution is -0.150. The summed E-state index contributed by atoms with van der Waals surface area (Å²) in [6, 6.07) is 0.0427. The van der Waals surface area contributed by atoms with Gasteiger partial charge in [0.2, 0.25) is 0 Å². The Morgan fingerprint density at radius 1 is 1.21 bits per heavy atom. The molecule has 0 heterocycles. The quantitative estimate of drug-likeness (QED) is 0.492. The van der Waals surface area contributed by atoms with Crippen LogP contribution in [0.5, 0.6) is 0 Å². The topological polar surface area (TPSA) is 66.4 Å². The van der Waals surface area contributed by atoms with Gasteiger partial charge in [-0.2, -0.15) is 0 Å². The summed E-state index contributed by atoms with van der Waals surface area (Å²) in [6.45, 7) is 2.07. The molecule has 0 radical (unpaired) electrons.